The minimum absolute atomic E-state index is 0.0541. The fourth-order valence-electron chi connectivity index (χ4n) is 2.22. The van der Waals surface area contributed by atoms with Gasteiger partial charge in [0.25, 0.3) is 0 Å². The number of benzene rings is 1. The van der Waals surface area contributed by atoms with Crippen molar-refractivity contribution in [3.63, 3.8) is 0 Å². The van der Waals surface area contributed by atoms with Crippen LogP contribution in [-0.2, 0) is 25.7 Å². The fourth-order valence-corrected chi connectivity index (χ4v) is 2.22. The Labute approximate surface area is 128 Å². The van der Waals surface area contributed by atoms with E-state index in [-0.39, 0.29) is 31.4 Å². The maximum atomic E-state index is 12.0. The molecule has 7 heteroatoms. The molecule has 118 valence electrons. The molecule has 1 unspecified atom stereocenters. The second kappa shape index (κ2) is 6.93. The number of carbonyl (C=O) groups excluding carboxylic acids is 3. The Morgan fingerprint density at radius 1 is 1.32 bits per heavy atom. The van der Waals surface area contributed by atoms with Gasteiger partial charge in [-0.05, 0) is 5.56 Å². The van der Waals surface area contributed by atoms with E-state index in [1.807, 2.05) is 30.3 Å². The predicted molar refractivity (Wildman–Crippen MR) is 76.3 cm³/mol. The van der Waals surface area contributed by atoms with Crippen LogP contribution < -0.4 is 0 Å². The molecule has 0 aliphatic carbocycles. The molecule has 2 amide bonds. The molecule has 7 nitrogen and oxygen atoms in total. The van der Waals surface area contributed by atoms with E-state index >= 15 is 0 Å². The molecule has 2 rings (SSSR count). The standard InChI is InChI=1S/C15H18N2O5/c1-16(15(20)22-10-11-6-4-3-5-7-11)17-12(8-13(17)18)9-14(19)21-2/h3-7,12H,8-10H2,1-2H3. The number of methoxy groups -OCH3 is 1. The molecule has 1 aliphatic heterocycles. The number of hydrazine groups is 1. The summed E-state index contributed by atoms with van der Waals surface area (Å²) in [6, 6.07) is 8.86. The van der Waals surface area contributed by atoms with Crippen LogP contribution in [0, 0.1) is 0 Å². The van der Waals surface area contributed by atoms with E-state index in [2.05, 4.69) is 4.74 Å². The first-order valence-electron chi connectivity index (χ1n) is 6.86. The summed E-state index contributed by atoms with van der Waals surface area (Å²) in [5, 5.41) is 2.33. The number of ether oxygens (including phenoxy) is 2. The van der Waals surface area contributed by atoms with E-state index in [9.17, 15) is 14.4 Å². The first kappa shape index (κ1) is 15.8. The SMILES string of the molecule is COC(=O)CC1CC(=O)N1N(C)C(=O)OCc1ccccc1. The molecular formula is C15H18N2O5. The third kappa shape index (κ3) is 3.55. The molecule has 0 radical (unpaired) electrons. The van der Waals surface area contributed by atoms with Crippen LogP contribution in [0.5, 0.6) is 0 Å². The summed E-state index contributed by atoms with van der Waals surface area (Å²) >= 11 is 0. The lowest BCUT2D eigenvalue weighted by molar-refractivity contribution is -0.172. The molecule has 1 aromatic carbocycles. The van der Waals surface area contributed by atoms with Gasteiger partial charge in [-0.2, -0.15) is 0 Å². The average Bonchev–Trinajstić information content (AvgIpc) is 2.52. The van der Waals surface area contributed by atoms with Crippen LogP contribution in [0.2, 0.25) is 0 Å². The van der Waals surface area contributed by atoms with Crippen LogP contribution in [0.4, 0.5) is 4.79 Å². The molecule has 0 saturated carbocycles. The Bertz CT molecular complexity index is 560. The van der Waals surface area contributed by atoms with Gasteiger partial charge in [0.15, 0.2) is 0 Å². The number of nitrogens with zero attached hydrogens (tertiary/aromatic N) is 2. The van der Waals surface area contributed by atoms with Crippen molar-refractivity contribution in [1.82, 2.24) is 10.0 Å². The van der Waals surface area contributed by atoms with Crippen LogP contribution in [0.25, 0.3) is 0 Å². The second-order valence-corrected chi connectivity index (χ2v) is 4.94. The maximum Gasteiger partial charge on any atom is 0.428 e. The molecule has 1 fully saturated rings. The summed E-state index contributed by atoms with van der Waals surface area (Å²) in [5.74, 6) is -0.651. The minimum atomic E-state index is -0.647. The van der Waals surface area contributed by atoms with Crippen molar-refractivity contribution in [3.05, 3.63) is 35.9 Å². The second-order valence-electron chi connectivity index (χ2n) is 4.94. The minimum Gasteiger partial charge on any atom is -0.469 e. The van der Waals surface area contributed by atoms with Crippen molar-refractivity contribution < 1.29 is 23.9 Å². The van der Waals surface area contributed by atoms with Gasteiger partial charge in [0, 0.05) is 7.05 Å². The van der Waals surface area contributed by atoms with Crippen LogP contribution in [0.1, 0.15) is 18.4 Å². The zero-order valence-electron chi connectivity index (χ0n) is 12.5. The number of amides is 2. The normalized spacial score (nSPS) is 16.7. The summed E-state index contributed by atoms with van der Waals surface area (Å²) in [5.41, 5.74) is 0.852. The summed E-state index contributed by atoms with van der Waals surface area (Å²) in [6.45, 7) is 0.119. The lowest BCUT2D eigenvalue weighted by atomic mass is 10.0. The summed E-state index contributed by atoms with van der Waals surface area (Å²) in [6.07, 6.45) is -0.379. The maximum absolute atomic E-state index is 12.0. The molecular weight excluding hydrogens is 288 g/mol. The molecule has 0 bridgehead atoms. The first-order valence-corrected chi connectivity index (χ1v) is 6.86. The molecule has 1 aromatic rings. The number of β-lactam (4-membered cyclic amide) rings is 1. The molecule has 1 heterocycles. The van der Waals surface area contributed by atoms with E-state index in [1.54, 1.807) is 0 Å². The Morgan fingerprint density at radius 2 is 2.00 bits per heavy atom. The van der Waals surface area contributed by atoms with Gasteiger partial charge >= 0.3 is 12.1 Å². The lowest BCUT2D eigenvalue weighted by Crippen LogP contribution is -2.61. The lowest BCUT2D eigenvalue weighted by Gasteiger charge is -2.44. The molecule has 0 aromatic heterocycles. The number of hydrogen-bond acceptors (Lipinski definition) is 5. The zero-order valence-corrected chi connectivity index (χ0v) is 12.5. The smallest absolute Gasteiger partial charge is 0.428 e. The van der Waals surface area contributed by atoms with Gasteiger partial charge in [-0.3, -0.25) is 9.59 Å². The highest BCUT2D eigenvalue weighted by Gasteiger charge is 2.42. The Balaban J connectivity index is 1.89. The molecule has 0 N–H and O–H groups in total. The van der Waals surface area contributed by atoms with Crippen molar-refractivity contribution in [2.45, 2.75) is 25.5 Å². The predicted octanol–water partition coefficient (Wildman–Crippen LogP) is 1.33. The van der Waals surface area contributed by atoms with E-state index < -0.39 is 12.1 Å². The van der Waals surface area contributed by atoms with Gasteiger partial charge in [-0.25, -0.2) is 14.8 Å². The average molecular weight is 306 g/mol. The molecule has 1 aliphatic rings. The van der Waals surface area contributed by atoms with Gasteiger partial charge in [0.2, 0.25) is 5.91 Å². The van der Waals surface area contributed by atoms with Crippen LogP contribution in [-0.4, -0.2) is 48.2 Å². The third-order valence-corrected chi connectivity index (χ3v) is 3.43. The van der Waals surface area contributed by atoms with Crippen LogP contribution in [0.3, 0.4) is 0 Å². The summed E-state index contributed by atoms with van der Waals surface area (Å²) in [4.78, 5) is 34.9. The highest BCUT2D eigenvalue weighted by atomic mass is 16.6. The van der Waals surface area contributed by atoms with Gasteiger partial charge in [0.05, 0.1) is 26.0 Å². The van der Waals surface area contributed by atoms with Gasteiger partial charge in [-0.1, -0.05) is 30.3 Å². The van der Waals surface area contributed by atoms with Gasteiger partial charge in [-0.15, -0.1) is 0 Å². The quantitative estimate of drug-likeness (QED) is 0.606. The van der Waals surface area contributed by atoms with E-state index in [0.29, 0.717) is 0 Å². The van der Waals surface area contributed by atoms with E-state index in [4.69, 9.17) is 4.74 Å². The van der Waals surface area contributed by atoms with Crippen LogP contribution >= 0.6 is 0 Å². The van der Waals surface area contributed by atoms with Crippen molar-refractivity contribution in [1.29, 1.82) is 0 Å². The molecule has 1 atom stereocenters. The van der Waals surface area contributed by atoms with Crippen molar-refractivity contribution in [2.24, 2.45) is 0 Å². The summed E-state index contributed by atoms with van der Waals surface area (Å²) in [7, 11) is 2.72. The van der Waals surface area contributed by atoms with Crippen molar-refractivity contribution in [3.8, 4) is 0 Å². The molecule has 0 spiro atoms. The Morgan fingerprint density at radius 3 is 2.59 bits per heavy atom. The summed E-state index contributed by atoms with van der Waals surface area (Å²) < 4.78 is 9.73. The van der Waals surface area contributed by atoms with E-state index in [1.165, 1.54) is 19.2 Å². The van der Waals surface area contributed by atoms with Gasteiger partial charge < -0.3 is 9.47 Å². The Kier molecular flexibility index (Phi) is 4.98. The Hall–Kier alpha value is -2.57. The number of rotatable bonds is 5. The molecule has 22 heavy (non-hydrogen) atoms. The molecule has 1 saturated heterocycles. The topological polar surface area (TPSA) is 76.2 Å². The number of esters is 1. The van der Waals surface area contributed by atoms with Crippen LogP contribution in [0.15, 0.2) is 30.3 Å². The van der Waals surface area contributed by atoms with Crippen molar-refractivity contribution >= 4 is 18.0 Å². The van der Waals surface area contributed by atoms with Crippen molar-refractivity contribution in [2.75, 3.05) is 14.2 Å². The highest BCUT2D eigenvalue weighted by Crippen LogP contribution is 2.24. The van der Waals surface area contributed by atoms with Gasteiger partial charge in [0.1, 0.15) is 6.61 Å². The monoisotopic (exact) mass is 306 g/mol. The fraction of sp³-hybridized carbons (Fsp3) is 0.400. The highest BCUT2D eigenvalue weighted by molar-refractivity contribution is 5.87. The van der Waals surface area contributed by atoms with E-state index in [0.717, 1.165) is 10.6 Å². The largest absolute Gasteiger partial charge is 0.469 e. The first-order chi connectivity index (χ1) is 10.5. The number of carbonyl (C=O) groups is 3. The zero-order chi connectivity index (χ0) is 16.1. The number of hydrogen-bond donors (Lipinski definition) is 0. The third-order valence-electron chi connectivity index (χ3n) is 3.43.